The van der Waals surface area contributed by atoms with Crippen LogP contribution in [0.25, 0.3) is 0 Å². The Bertz CT molecular complexity index is 407. The van der Waals surface area contributed by atoms with E-state index in [2.05, 4.69) is 0 Å². The second kappa shape index (κ2) is 5.92. The van der Waals surface area contributed by atoms with Crippen LogP contribution in [-0.2, 0) is 0 Å². The van der Waals surface area contributed by atoms with E-state index in [4.69, 9.17) is 5.26 Å². The topological polar surface area (TPSA) is 44.1 Å². The summed E-state index contributed by atoms with van der Waals surface area (Å²) in [6.45, 7) is 5.46. The monoisotopic (exact) mass is 216 g/mol. The van der Waals surface area contributed by atoms with Gasteiger partial charge in [0.25, 0.3) is 5.91 Å². The maximum Gasteiger partial charge on any atom is 0.253 e. The molecule has 16 heavy (non-hydrogen) atoms. The molecule has 0 fully saturated rings. The lowest BCUT2D eigenvalue weighted by molar-refractivity contribution is 0.0764. The Kier molecular flexibility index (Phi) is 4.53. The summed E-state index contributed by atoms with van der Waals surface area (Å²) in [4.78, 5) is 13.8. The van der Waals surface area contributed by atoms with Gasteiger partial charge in [-0.3, -0.25) is 4.79 Å². The average molecular weight is 216 g/mol. The van der Waals surface area contributed by atoms with Crippen molar-refractivity contribution in [3.05, 3.63) is 35.4 Å². The molecule has 1 amide bonds. The van der Waals surface area contributed by atoms with E-state index in [0.29, 0.717) is 17.7 Å². The second-order valence-electron chi connectivity index (χ2n) is 3.58. The van der Waals surface area contributed by atoms with Crippen LogP contribution in [0, 0.1) is 11.3 Å². The van der Waals surface area contributed by atoms with Gasteiger partial charge in [-0.05, 0) is 31.5 Å². The van der Waals surface area contributed by atoms with Gasteiger partial charge in [-0.25, -0.2) is 0 Å². The first kappa shape index (κ1) is 12.3. The van der Waals surface area contributed by atoms with E-state index >= 15 is 0 Å². The Morgan fingerprint density at radius 2 is 2.19 bits per heavy atom. The predicted molar refractivity (Wildman–Crippen MR) is 63.0 cm³/mol. The molecule has 3 nitrogen and oxygen atoms in total. The Labute approximate surface area is 96.3 Å². The fourth-order valence-electron chi connectivity index (χ4n) is 1.58. The van der Waals surface area contributed by atoms with Crippen molar-refractivity contribution in [1.29, 1.82) is 5.26 Å². The maximum atomic E-state index is 12.1. The van der Waals surface area contributed by atoms with Crippen LogP contribution in [0.2, 0.25) is 0 Å². The molecule has 0 spiro atoms. The minimum absolute atomic E-state index is 0.00134. The molecule has 0 saturated heterocycles. The summed E-state index contributed by atoms with van der Waals surface area (Å²) in [6.07, 6.45) is 0.942. The molecule has 0 aromatic heterocycles. The lowest BCUT2D eigenvalue weighted by Gasteiger charge is -2.20. The lowest BCUT2D eigenvalue weighted by Crippen LogP contribution is -2.31. The number of nitrogens with zero attached hydrogens (tertiary/aromatic N) is 2. The highest BCUT2D eigenvalue weighted by Crippen LogP contribution is 2.08. The van der Waals surface area contributed by atoms with Crippen molar-refractivity contribution in [1.82, 2.24) is 4.90 Å². The molecular formula is C13H16N2O. The molecule has 0 saturated carbocycles. The van der Waals surface area contributed by atoms with Gasteiger partial charge in [-0.2, -0.15) is 5.26 Å². The van der Waals surface area contributed by atoms with Crippen LogP contribution in [0.5, 0.6) is 0 Å². The van der Waals surface area contributed by atoms with Crippen molar-refractivity contribution in [2.45, 2.75) is 20.3 Å². The van der Waals surface area contributed by atoms with E-state index in [-0.39, 0.29) is 5.91 Å². The number of benzene rings is 1. The number of rotatable bonds is 4. The molecule has 3 heteroatoms. The van der Waals surface area contributed by atoms with Gasteiger partial charge in [0.2, 0.25) is 0 Å². The third kappa shape index (κ3) is 2.83. The molecule has 0 bridgehead atoms. The van der Waals surface area contributed by atoms with Gasteiger partial charge in [-0.15, -0.1) is 0 Å². The van der Waals surface area contributed by atoms with Gasteiger partial charge in [0.15, 0.2) is 0 Å². The van der Waals surface area contributed by atoms with E-state index in [1.54, 1.807) is 29.2 Å². The summed E-state index contributed by atoms with van der Waals surface area (Å²) in [5.74, 6) is 0.00134. The Balaban J connectivity index is 2.90. The third-order valence-electron chi connectivity index (χ3n) is 2.40. The van der Waals surface area contributed by atoms with Gasteiger partial charge in [0.05, 0.1) is 11.6 Å². The zero-order chi connectivity index (χ0) is 12.0. The highest BCUT2D eigenvalue weighted by Gasteiger charge is 2.13. The van der Waals surface area contributed by atoms with Gasteiger partial charge < -0.3 is 4.90 Å². The molecule has 0 aliphatic heterocycles. The zero-order valence-corrected chi connectivity index (χ0v) is 9.73. The van der Waals surface area contributed by atoms with Gasteiger partial charge in [0, 0.05) is 18.7 Å². The van der Waals surface area contributed by atoms with Gasteiger partial charge >= 0.3 is 0 Å². The Morgan fingerprint density at radius 3 is 2.75 bits per heavy atom. The molecule has 0 N–H and O–H groups in total. The average Bonchev–Trinajstić information content (AvgIpc) is 2.35. The Morgan fingerprint density at radius 1 is 1.44 bits per heavy atom. The summed E-state index contributed by atoms with van der Waals surface area (Å²) >= 11 is 0. The van der Waals surface area contributed by atoms with Gasteiger partial charge in [-0.1, -0.05) is 13.0 Å². The highest BCUT2D eigenvalue weighted by molar-refractivity contribution is 5.94. The van der Waals surface area contributed by atoms with Crippen molar-refractivity contribution in [3.8, 4) is 6.07 Å². The predicted octanol–water partition coefficient (Wildman–Crippen LogP) is 2.43. The van der Waals surface area contributed by atoms with Crippen LogP contribution in [0.15, 0.2) is 24.3 Å². The second-order valence-corrected chi connectivity index (χ2v) is 3.58. The van der Waals surface area contributed by atoms with Crippen molar-refractivity contribution < 1.29 is 4.79 Å². The standard InChI is InChI=1S/C13H16N2O/c1-3-8-15(4-2)13(16)12-7-5-6-11(9-12)10-14/h5-7,9H,3-4,8H2,1-2H3. The quantitative estimate of drug-likeness (QED) is 0.775. The normalized spacial score (nSPS) is 9.56. The first-order valence-corrected chi connectivity index (χ1v) is 5.52. The summed E-state index contributed by atoms with van der Waals surface area (Å²) < 4.78 is 0. The minimum Gasteiger partial charge on any atom is -0.339 e. The van der Waals surface area contributed by atoms with E-state index in [1.807, 2.05) is 19.9 Å². The SMILES string of the molecule is CCCN(CC)C(=O)c1cccc(C#N)c1. The van der Waals surface area contributed by atoms with Crippen molar-refractivity contribution >= 4 is 5.91 Å². The molecule has 0 radical (unpaired) electrons. The zero-order valence-electron chi connectivity index (χ0n) is 9.73. The third-order valence-corrected chi connectivity index (χ3v) is 2.40. The Hall–Kier alpha value is -1.82. The molecule has 1 aromatic carbocycles. The van der Waals surface area contributed by atoms with Crippen LogP contribution >= 0.6 is 0 Å². The number of amides is 1. The van der Waals surface area contributed by atoms with Crippen LogP contribution in [0.4, 0.5) is 0 Å². The molecular weight excluding hydrogens is 200 g/mol. The summed E-state index contributed by atoms with van der Waals surface area (Å²) in [7, 11) is 0. The largest absolute Gasteiger partial charge is 0.339 e. The summed E-state index contributed by atoms with van der Waals surface area (Å²) in [5.41, 5.74) is 1.12. The first-order chi connectivity index (χ1) is 7.72. The van der Waals surface area contributed by atoms with Crippen LogP contribution in [0.3, 0.4) is 0 Å². The minimum atomic E-state index is 0.00134. The van der Waals surface area contributed by atoms with Crippen LogP contribution < -0.4 is 0 Å². The van der Waals surface area contributed by atoms with Gasteiger partial charge in [0.1, 0.15) is 0 Å². The number of carbonyl (C=O) groups excluding carboxylic acids is 1. The number of carbonyl (C=O) groups is 1. The molecule has 1 aromatic rings. The number of hydrogen-bond acceptors (Lipinski definition) is 2. The molecule has 0 heterocycles. The molecule has 0 aliphatic carbocycles. The first-order valence-electron chi connectivity index (χ1n) is 5.52. The van der Waals surface area contributed by atoms with E-state index in [9.17, 15) is 4.79 Å². The van der Waals surface area contributed by atoms with Crippen molar-refractivity contribution in [2.75, 3.05) is 13.1 Å². The van der Waals surface area contributed by atoms with E-state index < -0.39 is 0 Å². The molecule has 0 unspecified atom stereocenters. The molecule has 0 aliphatic rings. The fourth-order valence-corrected chi connectivity index (χ4v) is 1.58. The van der Waals surface area contributed by atoms with E-state index in [1.165, 1.54) is 0 Å². The summed E-state index contributed by atoms with van der Waals surface area (Å²) in [5, 5.41) is 8.77. The fraction of sp³-hybridized carbons (Fsp3) is 0.385. The molecule has 84 valence electrons. The van der Waals surface area contributed by atoms with Crippen molar-refractivity contribution in [3.63, 3.8) is 0 Å². The van der Waals surface area contributed by atoms with Crippen molar-refractivity contribution in [2.24, 2.45) is 0 Å². The number of nitriles is 1. The number of hydrogen-bond donors (Lipinski definition) is 0. The molecule has 1 rings (SSSR count). The smallest absolute Gasteiger partial charge is 0.253 e. The van der Waals surface area contributed by atoms with Crippen LogP contribution in [-0.4, -0.2) is 23.9 Å². The highest BCUT2D eigenvalue weighted by atomic mass is 16.2. The van der Waals surface area contributed by atoms with E-state index in [0.717, 1.165) is 13.0 Å². The van der Waals surface area contributed by atoms with Crippen LogP contribution in [0.1, 0.15) is 36.2 Å². The summed E-state index contributed by atoms with van der Waals surface area (Å²) in [6, 6.07) is 8.87. The molecule has 0 atom stereocenters. The lowest BCUT2D eigenvalue weighted by atomic mass is 10.1. The maximum absolute atomic E-state index is 12.1.